The molecule has 1 saturated heterocycles. The van der Waals surface area contributed by atoms with E-state index in [-0.39, 0.29) is 11.4 Å². The number of ether oxygens (including phenoxy) is 1. The number of nitrogens with one attached hydrogen (secondary N) is 1. The average Bonchev–Trinajstić information content (AvgIpc) is 3.20. The Labute approximate surface area is 174 Å². The second-order valence-electron chi connectivity index (χ2n) is 8.70. The maximum absolute atomic E-state index is 12.4. The zero-order valence-electron chi connectivity index (χ0n) is 17.2. The number of allylic oxidation sites excluding steroid dienone is 1. The van der Waals surface area contributed by atoms with Crippen LogP contribution in [0.4, 0.5) is 0 Å². The fraction of sp³-hybridized carbons (Fsp3) is 0.423. The molecule has 29 heavy (non-hydrogen) atoms. The van der Waals surface area contributed by atoms with Gasteiger partial charge in [-0.05, 0) is 61.8 Å². The first-order valence-corrected chi connectivity index (χ1v) is 10.8. The van der Waals surface area contributed by atoms with Crippen LogP contribution in [0.25, 0.3) is 0 Å². The fourth-order valence-electron chi connectivity index (χ4n) is 4.86. The monoisotopic (exact) mass is 389 g/mol. The highest BCUT2D eigenvalue weighted by Crippen LogP contribution is 2.52. The number of hydrogen-bond acceptors (Lipinski definition) is 3. The van der Waals surface area contributed by atoms with Crippen molar-refractivity contribution in [2.24, 2.45) is 11.3 Å². The van der Waals surface area contributed by atoms with Crippen molar-refractivity contribution in [3.8, 4) is 0 Å². The molecule has 0 amide bonds. The molecule has 2 atom stereocenters. The molecule has 2 aromatic rings. The van der Waals surface area contributed by atoms with Gasteiger partial charge in [-0.15, -0.1) is 0 Å². The lowest BCUT2D eigenvalue weighted by Gasteiger charge is -2.24. The molecule has 0 spiro atoms. The Bertz CT molecular complexity index is 843. The van der Waals surface area contributed by atoms with Crippen LogP contribution in [0.15, 0.2) is 66.7 Å². The summed E-state index contributed by atoms with van der Waals surface area (Å²) in [6.45, 7) is 6.61. The lowest BCUT2D eigenvalue weighted by molar-refractivity contribution is -0.146. The van der Waals surface area contributed by atoms with Crippen molar-refractivity contribution in [2.45, 2.75) is 45.1 Å². The summed E-state index contributed by atoms with van der Waals surface area (Å²) in [6, 6.07) is 19.4. The number of aryl methyl sites for hydroxylation is 1. The Morgan fingerprint density at radius 3 is 2.55 bits per heavy atom. The van der Waals surface area contributed by atoms with Crippen molar-refractivity contribution in [3.05, 3.63) is 83.4 Å². The second kappa shape index (κ2) is 8.96. The highest BCUT2D eigenvalue weighted by molar-refractivity contribution is 5.81. The van der Waals surface area contributed by atoms with E-state index in [1.54, 1.807) is 0 Å². The Balaban J connectivity index is 1.21. The molecule has 2 aromatic carbocycles. The molecular formula is C26H31NO2. The standard InChI is InChI=1S/C26H31NO2/c1-20-15-24-19-29-25(28)26(24,16-20)17-22-10-12-23(13-11-22)18-27-14-6-5-9-21-7-3-2-4-8-21/h2-4,7-8,10-13,24,27H,1,5-6,9,14-19H2. The lowest BCUT2D eigenvalue weighted by atomic mass is 9.75. The molecule has 1 aliphatic carbocycles. The average molecular weight is 390 g/mol. The first-order valence-electron chi connectivity index (χ1n) is 10.8. The molecule has 1 aliphatic heterocycles. The predicted molar refractivity (Wildman–Crippen MR) is 116 cm³/mol. The van der Waals surface area contributed by atoms with Crippen molar-refractivity contribution in [1.29, 1.82) is 0 Å². The van der Waals surface area contributed by atoms with E-state index >= 15 is 0 Å². The lowest BCUT2D eigenvalue weighted by Crippen LogP contribution is -2.31. The molecule has 2 aliphatic rings. The third-order valence-corrected chi connectivity index (χ3v) is 6.49. The number of cyclic esters (lactones) is 1. The van der Waals surface area contributed by atoms with Gasteiger partial charge in [-0.25, -0.2) is 0 Å². The zero-order valence-corrected chi connectivity index (χ0v) is 17.2. The van der Waals surface area contributed by atoms with Gasteiger partial charge < -0.3 is 10.1 Å². The Morgan fingerprint density at radius 2 is 1.76 bits per heavy atom. The maximum Gasteiger partial charge on any atom is 0.313 e. The fourth-order valence-corrected chi connectivity index (χ4v) is 4.86. The van der Waals surface area contributed by atoms with Crippen LogP contribution in [-0.4, -0.2) is 19.1 Å². The van der Waals surface area contributed by atoms with Gasteiger partial charge >= 0.3 is 5.97 Å². The van der Waals surface area contributed by atoms with E-state index in [1.165, 1.54) is 35.1 Å². The molecule has 2 fully saturated rings. The summed E-state index contributed by atoms with van der Waals surface area (Å²) >= 11 is 0. The van der Waals surface area contributed by atoms with E-state index in [9.17, 15) is 4.79 Å². The number of rotatable bonds is 9. The topological polar surface area (TPSA) is 38.3 Å². The highest BCUT2D eigenvalue weighted by atomic mass is 16.5. The number of unbranched alkanes of at least 4 members (excludes halogenated alkanes) is 1. The van der Waals surface area contributed by atoms with Crippen LogP contribution in [0.2, 0.25) is 0 Å². The minimum absolute atomic E-state index is 0.0256. The van der Waals surface area contributed by atoms with Gasteiger partial charge in [0.05, 0.1) is 12.0 Å². The van der Waals surface area contributed by atoms with Gasteiger partial charge in [-0.1, -0.05) is 66.7 Å². The first-order chi connectivity index (χ1) is 14.2. The molecule has 0 aromatic heterocycles. The summed E-state index contributed by atoms with van der Waals surface area (Å²) < 4.78 is 5.39. The molecule has 1 N–H and O–H groups in total. The third kappa shape index (κ3) is 4.62. The van der Waals surface area contributed by atoms with Gasteiger partial charge in [-0.2, -0.15) is 0 Å². The molecule has 2 unspecified atom stereocenters. The van der Waals surface area contributed by atoms with Gasteiger partial charge in [0, 0.05) is 12.5 Å². The van der Waals surface area contributed by atoms with Crippen molar-refractivity contribution in [1.82, 2.24) is 5.32 Å². The van der Waals surface area contributed by atoms with Gasteiger partial charge in [0.15, 0.2) is 0 Å². The Hall–Kier alpha value is -2.39. The highest BCUT2D eigenvalue weighted by Gasteiger charge is 2.55. The van der Waals surface area contributed by atoms with Crippen LogP contribution in [0.3, 0.4) is 0 Å². The van der Waals surface area contributed by atoms with Crippen molar-refractivity contribution < 1.29 is 9.53 Å². The van der Waals surface area contributed by atoms with Crippen LogP contribution >= 0.6 is 0 Å². The van der Waals surface area contributed by atoms with E-state index in [2.05, 4.69) is 66.5 Å². The minimum atomic E-state index is -0.365. The number of hydrogen-bond donors (Lipinski definition) is 1. The number of fused-ring (bicyclic) bond motifs is 1. The van der Waals surface area contributed by atoms with Crippen LogP contribution in [-0.2, 0) is 28.9 Å². The van der Waals surface area contributed by atoms with Gasteiger partial charge in [0.2, 0.25) is 0 Å². The first kappa shape index (κ1) is 19.9. The van der Waals surface area contributed by atoms with E-state index in [0.29, 0.717) is 12.5 Å². The van der Waals surface area contributed by atoms with Gasteiger partial charge in [0.1, 0.15) is 0 Å². The molecule has 0 radical (unpaired) electrons. The molecule has 4 rings (SSSR count). The predicted octanol–water partition coefficient (Wildman–Crippen LogP) is 4.85. The van der Waals surface area contributed by atoms with Crippen LogP contribution in [0.1, 0.15) is 42.4 Å². The summed E-state index contributed by atoms with van der Waals surface area (Å²) in [6.07, 6.45) is 6.02. The summed E-state index contributed by atoms with van der Waals surface area (Å²) in [7, 11) is 0. The number of carbonyl (C=O) groups is 1. The summed E-state index contributed by atoms with van der Waals surface area (Å²) in [5, 5.41) is 3.54. The molecule has 3 nitrogen and oxygen atoms in total. The summed E-state index contributed by atoms with van der Waals surface area (Å²) in [4.78, 5) is 12.4. The van der Waals surface area contributed by atoms with Gasteiger partial charge in [0.25, 0.3) is 0 Å². The molecule has 152 valence electrons. The molecule has 1 heterocycles. The van der Waals surface area contributed by atoms with E-state index < -0.39 is 0 Å². The SMILES string of the molecule is C=C1CC2COC(=O)C2(Cc2ccc(CNCCCCc3ccccc3)cc2)C1. The van der Waals surface area contributed by atoms with Gasteiger partial charge in [-0.3, -0.25) is 4.79 Å². The van der Waals surface area contributed by atoms with Crippen molar-refractivity contribution in [2.75, 3.05) is 13.2 Å². The third-order valence-electron chi connectivity index (χ3n) is 6.49. The summed E-state index contributed by atoms with van der Waals surface area (Å²) in [5.41, 5.74) is 4.75. The quantitative estimate of drug-likeness (QED) is 0.378. The Kier molecular flexibility index (Phi) is 6.15. The molecule has 3 heteroatoms. The maximum atomic E-state index is 12.4. The van der Waals surface area contributed by atoms with E-state index in [1.807, 2.05) is 0 Å². The van der Waals surface area contributed by atoms with Crippen LogP contribution in [0, 0.1) is 11.3 Å². The number of carbonyl (C=O) groups excluding carboxylic acids is 1. The Morgan fingerprint density at radius 1 is 1.00 bits per heavy atom. The molecular weight excluding hydrogens is 358 g/mol. The largest absolute Gasteiger partial charge is 0.465 e. The number of benzene rings is 2. The summed E-state index contributed by atoms with van der Waals surface area (Å²) in [5.74, 6) is 0.280. The minimum Gasteiger partial charge on any atom is -0.465 e. The normalized spacial score (nSPS) is 23.2. The molecule has 1 saturated carbocycles. The van der Waals surface area contributed by atoms with E-state index in [0.717, 1.165) is 38.8 Å². The van der Waals surface area contributed by atoms with Crippen molar-refractivity contribution in [3.63, 3.8) is 0 Å². The zero-order chi connectivity index (χ0) is 20.1. The van der Waals surface area contributed by atoms with Crippen molar-refractivity contribution >= 4 is 5.97 Å². The second-order valence-corrected chi connectivity index (χ2v) is 8.70. The smallest absolute Gasteiger partial charge is 0.313 e. The van der Waals surface area contributed by atoms with E-state index in [4.69, 9.17) is 4.74 Å². The molecule has 0 bridgehead atoms. The number of esters is 1. The van der Waals surface area contributed by atoms with Crippen LogP contribution in [0.5, 0.6) is 0 Å². The van der Waals surface area contributed by atoms with Crippen LogP contribution < -0.4 is 5.32 Å².